The van der Waals surface area contributed by atoms with Crippen LogP contribution in [0.15, 0.2) is 43.0 Å². The molecule has 3 rings (SSSR count). The van der Waals surface area contributed by atoms with Crippen molar-refractivity contribution in [1.29, 1.82) is 0 Å². The van der Waals surface area contributed by atoms with Gasteiger partial charge in [-0.05, 0) is 19.4 Å². The predicted molar refractivity (Wildman–Crippen MR) is 84.7 cm³/mol. The van der Waals surface area contributed by atoms with E-state index in [0.717, 1.165) is 5.56 Å². The SMILES string of the molecule is C=CCO[C@H]1[C@H]2OC(C)(C)O[C@H]2O[C@@H]1COCc1ccccc1. The molecule has 1 aromatic carbocycles. The summed E-state index contributed by atoms with van der Waals surface area (Å²) >= 11 is 0. The van der Waals surface area contributed by atoms with E-state index in [1.165, 1.54) is 0 Å². The van der Waals surface area contributed by atoms with Gasteiger partial charge in [0.1, 0.15) is 18.3 Å². The molecule has 2 saturated heterocycles. The van der Waals surface area contributed by atoms with Gasteiger partial charge in [-0.25, -0.2) is 0 Å². The van der Waals surface area contributed by atoms with E-state index >= 15 is 0 Å². The van der Waals surface area contributed by atoms with Crippen molar-refractivity contribution in [2.75, 3.05) is 13.2 Å². The molecule has 0 N–H and O–H groups in total. The molecule has 2 aliphatic heterocycles. The minimum atomic E-state index is -0.652. The summed E-state index contributed by atoms with van der Waals surface area (Å²) in [6.07, 6.45) is 0.622. The Morgan fingerprint density at radius 1 is 1.22 bits per heavy atom. The van der Waals surface area contributed by atoms with Gasteiger partial charge in [-0.3, -0.25) is 0 Å². The van der Waals surface area contributed by atoms with Gasteiger partial charge in [-0.1, -0.05) is 36.4 Å². The number of ether oxygens (including phenoxy) is 5. The summed E-state index contributed by atoms with van der Waals surface area (Å²) in [5.41, 5.74) is 1.13. The summed E-state index contributed by atoms with van der Waals surface area (Å²) in [5, 5.41) is 0. The predicted octanol–water partition coefficient (Wildman–Crippen LogP) is 2.65. The second-order valence-electron chi connectivity index (χ2n) is 6.23. The molecule has 5 heteroatoms. The summed E-state index contributed by atoms with van der Waals surface area (Å²) in [5.74, 6) is -0.652. The van der Waals surface area contributed by atoms with E-state index in [0.29, 0.717) is 19.8 Å². The maximum atomic E-state index is 5.94. The van der Waals surface area contributed by atoms with Crippen LogP contribution in [0.1, 0.15) is 19.4 Å². The first kappa shape index (κ1) is 16.6. The molecule has 2 aliphatic rings. The summed E-state index contributed by atoms with van der Waals surface area (Å²) in [7, 11) is 0. The number of benzene rings is 1. The van der Waals surface area contributed by atoms with Gasteiger partial charge in [-0.2, -0.15) is 0 Å². The fourth-order valence-electron chi connectivity index (χ4n) is 2.93. The molecule has 0 amide bonds. The molecule has 2 heterocycles. The maximum absolute atomic E-state index is 5.94. The lowest BCUT2D eigenvalue weighted by Crippen LogP contribution is -2.39. The molecule has 0 aromatic heterocycles. The molecule has 0 spiro atoms. The molecule has 0 unspecified atom stereocenters. The molecule has 5 nitrogen and oxygen atoms in total. The Morgan fingerprint density at radius 3 is 2.74 bits per heavy atom. The Hall–Kier alpha value is -1.24. The number of hydrogen-bond acceptors (Lipinski definition) is 5. The summed E-state index contributed by atoms with van der Waals surface area (Å²) < 4.78 is 29.3. The smallest absolute Gasteiger partial charge is 0.190 e. The maximum Gasteiger partial charge on any atom is 0.190 e. The van der Waals surface area contributed by atoms with Crippen LogP contribution in [0.5, 0.6) is 0 Å². The van der Waals surface area contributed by atoms with Crippen LogP contribution in [-0.4, -0.2) is 43.6 Å². The van der Waals surface area contributed by atoms with Crippen LogP contribution in [0.3, 0.4) is 0 Å². The van der Waals surface area contributed by atoms with E-state index in [4.69, 9.17) is 23.7 Å². The van der Waals surface area contributed by atoms with Crippen LogP contribution in [0.2, 0.25) is 0 Å². The van der Waals surface area contributed by atoms with Crippen LogP contribution < -0.4 is 0 Å². The van der Waals surface area contributed by atoms with Gasteiger partial charge in [0.05, 0.1) is 19.8 Å². The standard InChI is InChI=1S/C18H24O5/c1-4-10-20-15-14(12-19-11-13-8-6-5-7-9-13)21-17-16(15)22-18(2,3)23-17/h4-9,14-17H,1,10-12H2,2-3H3/t14-,15-,16-,17-/m1/s1. The van der Waals surface area contributed by atoms with E-state index < -0.39 is 12.1 Å². The van der Waals surface area contributed by atoms with Crippen molar-refractivity contribution >= 4 is 0 Å². The zero-order valence-electron chi connectivity index (χ0n) is 13.6. The molecular formula is C18H24O5. The van der Waals surface area contributed by atoms with Gasteiger partial charge in [-0.15, -0.1) is 6.58 Å². The van der Waals surface area contributed by atoms with Crippen molar-refractivity contribution in [3.8, 4) is 0 Å². The second kappa shape index (κ2) is 7.11. The lowest BCUT2D eigenvalue weighted by molar-refractivity contribution is -0.223. The van der Waals surface area contributed by atoms with Crippen molar-refractivity contribution < 1.29 is 23.7 Å². The molecule has 0 radical (unpaired) electrons. The molecule has 0 aliphatic carbocycles. The highest BCUT2D eigenvalue weighted by Gasteiger charge is 2.55. The monoisotopic (exact) mass is 320 g/mol. The summed E-state index contributed by atoms with van der Waals surface area (Å²) in [4.78, 5) is 0. The Bertz CT molecular complexity index is 515. The van der Waals surface area contributed by atoms with Crippen molar-refractivity contribution in [2.45, 2.75) is 50.8 Å². The third-order valence-electron chi connectivity index (χ3n) is 3.89. The highest BCUT2D eigenvalue weighted by Crippen LogP contribution is 2.38. The first-order valence-corrected chi connectivity index (χ1v) is 7.94. The second-order valence-corrected chi connectivity index (χ2v) is 6.23. The minimum Gasteiger partial charge on any atom is -0.374 e. The number of rotatable bonds is 7. The van der Waals surface area contributed by atoms with Crippen molar-refractivity contribution in [2.24, 2.45) is 0 Å². The highest BCUT2D eigenvalue weighted by atomic mass is 16.8. The van der Waals surface area contributed by atoms with E-state index in [1.54, 1.807) is 6.08 Å². The number of fused-ring (bicyclic) bond motifs is 1. The van der Waals surface area contributed by atoms with Crippen LogP contribution in [0.4, 0.5) is 0 Å². The van der Waals surface area contributed by atoms with E-state index in [9.17, 15) is 0 Å². The van der Waals surface area contributed by atoms with E-state index in [2.05, 4.69) is 6.58 Å². The summed E-state index contributed by atoms with van der Waals surface area (Å²) in [6.45, 7) is 8.85. The van der Waals surface area contributed by atoms with Gasteiger partial charge in [0.15, 0.2) is 12.1 Å². The minimum absolute atomic E-state index is 0.218. The van der Waals surface area contributed by atoms with Gasteiger partial charge >= 0.3 is 0 Å². The van der Waals surface area contributed by atoms with E-state index in [-0.39, 0.29) is 18.3 Å². The Morgan fingerprint density at radius 2 is 2.00 bits per heavy atom. The van der Waals surface area contributed by atoms with Crippen molar-refractivity contribution in [1.82, 2.24) is 0 Å². The largest absolute Gasteiger partial charge is 0.374 e. The number of hydrogen-bond donors (Lipinski definition) is 0. The molecular weight excluding hydrogens is 296 g/mol. The van der Waals surface area contributed by atoms with Crippen molar-refractivity contribution in [3.05, 3.63) is 48.6 Å². The Kier molecular flexibility index (Phi) is 5.14. The lowest BCUT2D eigenvalue weighted by Gasteiger charge is -2.25. The summed E-state index contributed by atoms with van der Waals surface area (Å²) in [6, 6.07) is 10.0. The quantitative estimate of drug-likeness (QED) is 0.723. The fourth-order valence-corrected chi connectivity index (χ4v) is 2.93. The molecule has 2 fully saturated rings. The average molecular weight is 320 g/mol. The fraction of sp³-hybridized carbons (Fsp3) is 0.556. The van der Waals surface area contributed by atoms with Gasteiger partial charge in [0, 0.05) is 0 Å². The molecule has 126 valence electrons. The van der Waals surface area contributed by atoms with Gasteiger partial charge < -0.3 is 23.7 Å². The first-order chi connectivity index (χ1) is 11.1. The third-order valence-corrected chi connectivity index (χ3v) is 3.89. The normalized spacial score (nSPS) is 31.9. The Balaban J connectivity index is 1.56. The van der Waals surface area contributed by atoms with Gasteiger partial charge in [0.2, 0.25) is 0 Å². The molecule has 0 saturated carbocycles. The average Bonchev–Trinajstić information content (AvgIpc) is 2.98. The topological polar surface area (TPSA) is 46.2 Å². The van der Waals surface area contributed by atoms with Crippen LogP contribution >= 0.6 is 0 Å². The van der Waals surface area contributed by atoms with E-state index in [1.807, 2.05) is 44.2 Å². The molecule has 4 atom stereocenters. The molecule has 0 bridgehead atoms. The molecule has 1 aromatic rings. The lowest BCUT2D eigenvalue weighted by atomic mass is 10.1. The Labute approximate surface area is 137 Å². The zero-order valence-corrected chi connectivity index (χ0v) is 13.6. The highest BCUT2D eigenvalue weighted by molar-refractivity contribution is 5.13. The van der Waals surface area contributed by atoms with Crippen LogP contribution in [0.25, 0.3) is 0 Å². The molecule has 23 heavy (non-hydrogen) atoms. The van der Waals surface area contributed by atoms with Gasteiger partial charge in [0.25, 0.3) is 0 Å². The third kappa shape index (κ3) is 4.00. The first-order valence-electron chi connectivity index (χ1n) is 7.94. The zero-order chi connectivity index (χ0) is 16.3. The van der Waals surface area contributed by atoms with Crippen LogP contribution in [-0.2, 0) is 30.3 Å². The van der Waals surface area contributed by atoms with Crippen LogP contribution in [0, 0.1) is 0 Å². The van der Waals surface area contributed by atoms with Crippen molar-refractivity contribution in [3.63, 3.8) is 0 Å².